The summed E-state index contributed by atoms with van der Waals surface area (Å²) in [5, 5.41) is 0. The van der Waals surface area contributed by atoms with Gasteiger partial charge in [0.25, 0.3) is 0 Å². The van der Waals surface area contributed by atoms with Crippen molar-refractivity contribution in [3.63, 3.8) is 0 Å². The van der Waals surface area contributed by atoms with Crippen LogP contribution in [0.15, 0.2) is 0 Å². The molecule has 0 saturated carbocycles. The lowest BCUT2D eigenvalue weighted by Crippen LogP contribution is -2.65. The van der Waals surface area contributed by atoms with Gasteiger partial charge in [0.15, 0.2) is 5.72 Å². The molecule has 0 unspecified atom stereocenters. The van der Waals surface area contributed by atoms with Crippen molar-refractivity contribution in [3.8, 4) is 0 Å². The van der Waals surface area contributed by atoms with Crippen LogP contribution in [0.4, 0.5) is 0 Å². The number of nitrogens with zero attached hydrogens (tertiary/aromatic N) is 1. The fourth-order valence-corrected chi connectivity index (χ4v) is 2.40. The minimum atomic E-state index is 0.0295. The molecule has 1 rings (SSSR count). The molecule has 1 aliphatic heterocycles. The largest absolute Gasteiger partial charge is 0.327 e. The van der Waals surface area contributed by atoms with E-state index in [1.807, 2.05) is 0 Å². The monoisotopic (exact) mass is 172 g/mol. The Morgan fingerprint density at radius 2 is 1.83 bits per heavy atom. The maximum Gasteiger partial charge on any atom is 0.197 e. The van der Waals surface area contributed by atoms with Crippen LogP contribution in [-0.2, 0) is 4.74 Å². The van der Waals surface area contributed by atoms with Crippen LogP contribution in [0.1, 0.15) is 34.1 Å². The zero-order valence-electron chi connectivity index (χ0n) is 8.89. The number of hydrogen-bond acceptors (Lipinski definition) is 1. The Morgan fingerprint density at radius 3 is 2.17 bits per heavy atom. The van der Waals surface area contributed by atoms with E-state index in [1.165, 1.54) is 26.1 Å². The highest BCUT2D eigenvalue weighted by Crippen LogP contribution is 2.30. The lowest BCUT2D eigenvalue weighted by atomic mass is 10.1. The third-order valence-electron chi connectivity index (χ3n) is 3.54. The Balaban J connectivity index is 2.81. The first-order valence-corrected chi connectivity index (χ1v) is 5.08. The summed E-state index contributed by atoms with van der Waals surface area (Å²) < 4.78 is 6.95. The highest BCUT2D eigenvalue weighted by molar-refractivity contribution is 4.63. The summed E-state index contributed by atoms with van der Waals surface area (Å²) in [7, 11) is 0. The van der Waals surface area contributed by atoms with Gasteiger partial charge in [0.05, 0.1) is 26.2 Å². The number of quaternary nitrogens is 1. The molecule has 12 heavy (non-hydrogen) atoms. The first kappa shape index (κ1) is 10.0. The number of ether oxygens (including phenoxy) is 1. The Labute approximate surface area is 76.1 Å². The van der Waals surface area contributed by atoms with Gasteiger partial charge in [0.2, 0.25) is 0 Å². The van der Waals surface area contributed by atoms with Crippen LogP contribution in [-0.4, -0.2) is 36.4 Å². The molecule has 0 radical (unpaired) electrons. The Hall–Kier alpha value is -0.0800. The van der Waals surface area contributed by atoms with Gasteiger partial charge in [0.1, 0.15) is 0 Å². The summed E-state index contributed by atoms with van der Waals surface area (Å²) in [6.45, 7) is 13.6. The highest BCUT2D eigenvalue weighted by Gasteiger charge is 2.44. The molecule has 0 aromatic carbocycles. The maximum atomic E-state index is 5.84. The molecule has 0 atom stereocenters. The quantitative estimate of drug-likeness (QED) is 0.579. The van der Waals surface area contributed by atoms with Crippen molar-refractivity contribution < 1.29 is 9.22 Å². The lowest BCUT2D eigenvalue weighted by molar-refractivity contribution is -1.000. The van der Waals surface area contributed by atoms with Crippen molar-refractivity contribution in [3.05, 3.63) is 0 Å². The van der Waals surface area contributed by atoms with E-state index in [1.54, 1.807) is 0 Å². The lowest BCUT2D eigenvalue weighted by Gasteiger charge is -2.51. The van der Waals surface area contributed by atoms with Gasteiger partial charge < -0.3 is 4.74 Å². The molecule has 0 bridgehead atoms. The zero-order chi connectivity index (χ0) is 9.24. The normalized spacial score (nSPS) is 27.0. The first-order chi connectivity index (χ1) is 5.58. The molecule has 0 aromatic heterocycles. The molecule has 1 saturated heterocycles. The predicted molar refractivity (Wildman–Crippen MR) is 50.9 cm³/mol. The molecule has 0 aromatic rings. The Kier molecular flexibility index (Phi) is 2.79. The van der Waals surface area contributed by atoms with Crippen molar-refractivity contribution in [2.75, 3.05) is 26.2 Å². The van der Waals surface area contributed by atoms with Gasteiger partial charge in [-0.15, -0.1) is 0 Å². The van der Waals surface area contributed by atoms with E-state index in [0.717, 1.165) is 11.1 Å². The number of rotatable bonds is 2. The van der Waals surface area contributed by atoms with E-state index in [9.17, 15) is 0 Å². The SMILES string of the molecule is CC[N+]1(CC)CCCOC1(C)C. The molecule has 2 nitrogen and oxygen atoms in total. The maximum absolute atomic E-state index is 5.84. The van der Waals surface area contributed by atoms with Gasteiger partial charge in [-0.2, -0.15) is 0 Å². The first-order valence-electron chi connectivity index (χ1n) is 5.08. The van der Waals surface area contributed by atoms with Gasteiger partial charge in [-0.1, -0.05) is 0 Å². The zero-order valence-corrected chi connectivity index (χ0v) is 8.89. The second-order valence-electron chi connectivity index (χ2n) is 4.15. The van der Waals surface area contributed by atoms with Crippen LogP contribution in [0.3, 0.4) is 0 Å². The van der Waals surface area contributed by atoms with Crippen LogP contribution in [0.5, 0.6) is 0 Å². The molecule has 1 fully saturated rings. The predicted octanol–water partition coefficient (Wildman–Crippen LogP) is 2.00. The smallest absolute Gasteiger partial charge is 0.197 e. The van der Waals surface area contributed by atoms with Crippen LogP contribution < -0.4 is 0 Å². The molecule has 1 aliphatic rings. The summed E-state index contributed by atoms with van der Waals surface area (Å²) in [5.41, 5.74) is 0.0295. The third kappa shape index (κ3) is 1.38. The summed E-state index contributed by atoms with van der Waals surface area (Å²) in [6, 6.07) is 0. The van der Waals surface area contributed by atoms with Crippen LogP contribution in [0.2, 0.25) is 0 Å². The molecule has 0 N–H and O–H groups in total. The second kappa shape index (κ2) is 3.35. The Morgan fingerprint density at radius 1 is 1.25 bits per heavy atom. The van der Waals surface area contributed by atoms with E-state index in [2.05, 4.69) is 27.7 Å². The van der Waals surface area contributed by atoms with E-state index < -0.39 is 0 Å². The Bertz CT molecular complexity index is 150. The molecule has 72 valence electrons. The number of hydrogen-bond donors (Lipinski definition) is 0. The average molecular weight is 172 g/mol. The van der Waals surface area contributed by atoms with Crippen LogP contribution >= 0.6 is 0 Å². The summed E-state index contributed by atoms with van der Waals surface area (Å²) in [5.74, 6) is 0. The van der Waals surface area contributed by atoms with Gasteiger partial charge in [-0.05, 0) is 13.8 Å². The fraction of sp³-hybridized carbons (Fsp3) is 1.00. The van der Waals surface area contributed by atoms with E-state index in [0.29, 0.717) is 0 Å². The standard InChI is InChI=1S/C10H22NO/c1-5-11(6-2)8-7-9-12-10(11,3)4/h5-9H2,1-4H3/q+1. The second-order valence-corrected chi connectivity index (χ2v) is 4.15. The molecular weight excluding hydrogens is 150 g/mol. The van der Waals surface area contributed by atoms with Crippen molar-refractivity contribution in [2.45, 2.75) is 39.8 Å². The van der Waals surface area contributed by atoms with Crippen molar-refractivity contribution in [2.24, 2.45) is 0 Å². The topological polar surface area (TPSA) is 9.23 Å². The average Bonchev–Trinajstić information content (AvgIpc) is 2.05. The molecule has 0 spiro atoms. The summed E-state index contributed by atoms with van der Waals surface area (Å²) >= 11 is 0. The van der Waals surface area contributed by atoms with Crippen LogP contribution in [0, 0.1) is 0 Å². The van der Waals surface area contributed by atoms with Gasteiger partial charge >= 0.3 is 0 Å². The van der Waals surface area contributed by atoms with Crippen molar-refractivity contribution in [1.29, 1.82) is 0 Å². The van der Waals surface area contributed by atoms with E-state index in [-0.39, 0.29) is 5.72 Å². The van der Waals surface area contributed by atoms with E-state index in [4.69, 9.17) is 4.74 Å². The molecular formula is C10H22NO+. The fourth-order valence-electron chi connectivity index (χ4n) is 2.40. The molecule has 0 aliphatic carbocycles. The van der Waals surface area contributed by atoms with Crippen LogP contribution in [0.25, 0.3) is 0 Å². The summed E-state index contributed by atoms with van der Waals surface area (Å²) in [6.07, 6.45) is 1.21. The van der Waals surface area contributed by atoms with Crippen molar-refractivity contribution >= 4 is 0 Å². The highest BCUT2D eigenvalue weighted by atomic mass is 16.5. The molecule has 1 heterocycles. The molecule has 2 heteroatoms. The minimum Gasteiger partial charge on any atom is -0.327 e. The minimum absolute atomic E-state index is 0.0295. The molecule has 0 amide bonds. The summed E-state index contributed by atoms with van der Waals surface area (Å²) in [4.78, 5) is 0. The van der Waals surface area contributed by atoms with E-state index >= 15 is 0 Å². The van der Waals surface area contributed by atoms with Crippen molar-refractivity contribution in [1.82, 2.24) is 0 Å². The van der Waals surface area contributed by atoms with Gasteiger partial charge in [-0.3, -0.25) is 4.48 Å². The van der Waals surface area contributed by atoms with Gasteiger partial charge in [-0.25, -0.2) is 0 Å². The third-order valence-corrected chi connectivity index (χ3v) is 3.54. The van der Waals surface area contributed by atoms with Gasteiger partial charge in [0, 0.05) is 20.3 Å².